The van der Waals surface area contributed by atoms with Crippen LogP contribution in [0.25, 0.3) is 27.5 Å². The van der Waals surface area contributed by atoms with Crippen molar-refractivity contribution < 1.29 is 4.79 Å². The van der Waals surface area contributed by atoms with Gasteiger partial charge in [0, 0.05) is 36.3 Å². The molecule has 10 nitrogen and oxygen atoms in total. The summed E-state index contributed by atoms with van der Waals surface area (Å²) < 4.78 is 3.36. The lowest BCUT2D eigenvalue weighted by Crippen LogP contribution is -2.12. The molecule has 0 aliphatic rings. The third kappa shape index (κ3) is 3.75. The van der Waals surface area contributed by atoms with Crippen molar-refractivity contribution in [1.29, 1.82) is 0 Å². The molecule has 0 saturated carbocycles. The molecule has 172 valence electrons. The predicted octanol–water partition coefficient (Wildman–Crippen LogP) is 4.68. The molecule has 3 N–H and O–H groups in total. The number of aromatic nitrogens is 7. The molecule has 0 radical (unpaired) electrons. The number of benzene rings is 2. The SMILES string of the molecule is Cn1cc(C(=O)Nc2cc(-n3nc(Nc4ccc5[nH]ncc5c4Cl)c4ccccc43)ccn2)cn1. The fraction of sp³-hybridized carbons (Fsp3) is 0.0417. The Morgan fingerprint density at radius 2 is 1.97 bits per heavy atom. The van der Waals surface area contributed by atoms with Gasteiger partial charge in [-0.1, -0.05) is 23.7 Å². The minimum atomic E-state index is -0.292. The Hall–Kier alpha value is -4.70. The molecule has 6 aromatic rings. The van der Waals surface area contributed by atoms with E-state index in [1.54, 1.807) is 41.1 Å². The second-order valence-electron chi connectivity index (χ2n) is 7.92. The van der Waals surface area contributed by atoms with Gasteiger partial charge < -0.3 is 10.6 Å². The van der Waals surface area contributed by atoms with Gasteiger partial charge in [0.25, 0.3) is 5.91 Å². The molecular weight excluding hydrogens is 466 g/mol. The third-order valence-corrected chi connectivity index (χ3v) is 6.00. The number of H-pyrrole nitrogens is 1. The summed E-state index contributed by atoms with van der Waals surface area (Å²) in [6.07, 6.45) is 6.47. The quantitative estimate of drug-likeness (QED) is 0.327. The van der Waals surface area contributed by atoms with Crippen LogP contribution < -0.4 is 10.6 Å². The van der Waals surface area contributed by atoms with Crippen LogP contribution in [0.1, 0.15) is 10.4 Å². The van der Waals surface area contributed by atoms with E-state index >= 15 is 0 Å². The number of para-hydroxylation sites is 1. The Morgan fingerprint density at radius 1 is 1.09 bits per heavy atom. The molecule has 4 heterocycles. The van der Waals surface area contributed by atoms with Gasteiger partial charge in [-0.15, -0.1) is 5.10 Å². The van der Waals surface area contributed by atoms with Crippen LogP contribution in [0.3, 0.4) is 0 Å². The van der Waals surface area contributed by atoms with Crippen molar-refractivity contribution in [2.24, 2.45) is 7.05 Å². The number of pyridine rings is 1. The molecule has 0 atom stereocenters. The monoisotopic (exact) mass is 483 g/mol. The van der Waals surface area contributed by atoms with Crippen LogP contribution in [0, 0.1) is 0 Å². The summed E-state index contributed by atoms with van der Waals surface area (Å²) in [6, 6.07) is 15.2. The fourth-order valence-electron chi connectivity index (χ4n) is 3.91. The lowest BCUT2D eigenvalue weighted by Gasteiger charge is -2.08. The predicted molar refractivity (Wildman–Crippen MR) is 134 cm³/mol. The number of anilines is 3. The molecule has 4 aromatic heterocycles. The Kier molecular flexibility index (Phi) is 4.93. The maximum absolute atomic E-state index is 12.5. The van der Waals surface area contributed by atoms with Gasteiger partial charge in [0.15, 0.2) is 5.82 Å². The smallest absolute Gasteiger partial charge is 0.260 e. The number of fused-ring (bicyclic) bond motifs is 2. The Morgan fingerprint density at radius 3 is 2.83 bits per heavy atom. The van der Waals surface area contributed by atoms with Crippen LogP contribution in [0.5, 0.6) is 0 Å². The first-order valence-corrected chi connectivity index (χ1v) is 11.1. The van der Waals surface area contributed by atoms with E-state index in [9.17, 15) is 4.79 Å². The lowest BCUT2D eigenvalue weighted by atomic mass is 10.2. The van der Waals surface area contributed by atoms with Gasteiger partial charge in [0.05, 0.1) is 45.4 Å². The van der Waals surface area contributed by atoms with Gasteiger partial charge in [0.2, 0.25) is 0 Å². The molecule has 0 bridgehead atoms. The van der Waals surface area contributed by atoms with E-state index in [1.807, 2.05) is 42.5 Å². The van der Waals surface area contributed by atoms with Gasteiger partial charge in [-0.2, -0.15) is 10.2 Å². The number of carbonyl (C=O) groups excluding carboxylic acids is 1. The number of aromatic amines is 1. The van der Waals surface area contributed by atoms with Gasteiger partial charge in [-0.25, -0.2) is 9.67 Å². The van der Waals surface area contributed by atoms with Crippen molar-refractivity contribution in [2.75, 3.05) is 10.6 Å². The highest BCUT2D eigenvalue weighted by Gasteiger charge is 2.16. The standard InChI is InChI=1S/C24H18ClN9O/c1-33-13-14(11-28-33)24(35)30-21-10-15(8-9-26-21)34-20-5-3-2-4-16(20)23(32-34)29-19-7-6-18-17(22(19)25)12-27-31-18/h2-13H,1H3,(H,27,31)(H,29,32)(H,26,30,35). The molecule has 35 heavy (non-hydrogen) atoms. The maximum Gasteiger partial charge on any atom is 0.260 e. The first-order chi connectivity index (χ1) is 17.1. The highest BCUT2D eigenvalue weighted by atomic mass is 35.5. The molecule has 0 aliphatic carbocycles. The molecule has 0 saturated heterocycles. The zero-order chi connectivity index (χ0) is 23.9. The van der Waals surface area contributed by atoms with E-state index < -0.39 is 0 Å². The van der Waals surface area contributed by atoms with Crippen LogP contribution in [0.2, 0.25) is 5.02 Å². The summed E-state index contributed by atoms with van der Waals surface area (Å²) in [6.45, 7) is 0. The van der Waals surface area contributed by atoms with Gasteiger partial charge >= 0.3 is 0 Å². The largest absolute Gasteiger partial charge is 0.337 e. The summed E-state index contributed by atoms with van der Waals surface area (Å²) in [5, 5.41) is 24.3. The first kappa shape index (κ1) is 20.9. The Labute approximate surface area is 203 Å². The fourth-order valence-corrected chi connectivity index (χ4v) is 4.17. The summed E-state index contributed by atoms with van der Waals surface area (Å²) in [7, 11) is 1.75. The molecule has 6 rings (SSSR count). The minimum Gasteiger partial charge on any atom is -0.337 e. The van der Waals surface area contributed by atoms with E-state index in [4.69, 9.17) is 16.7 Å². The van der Waals surface area contributed by atoms with Crippen molar-refractivity contribution in [3.8, 4) is 5.69 Å². The molecular formula is C24H18ClN9O. The number of amides is 1. The molecule has 0 fully saturated rings. The number of carbonyl (C=O) groups is 1. The van der Waals surface area contributed by atoms with Gasteiger partial charge in [-0.3, -0.25) is 14.6 Å². The van der Waals surface area contributed by atoms with Crippen molar-refractivity contribution in [3.05, 3.63) is 83.9 Å². The number of nitrogens with one attached hydrogen (secondary N) is 3. The van der Waals surface area contributed by atoms with E-state index in [1.165, 1.54) is 6.20 Å². The zero-order valence-corrected chi connectivity index (χ0v) is 19.2. The highest BCUT2D eigenvalue weighted by molar-refractivity contribution is 6.38. The highest BCUT2D eigenvalue weighted by Crippen LogP contribution is 2.34. The Bertz CT molecular complexity index is 1710. The van der Waals surface area contributed by atoms with E-state index in [2.05, 4.69) is 30.9 Å². The van der Waals surface area contributed by atoms with Gasteiger partial charge in [0.1, 0.15) is 5.82 Å². The average Bonchev–Trinajstić information content (AvgIpc) is 3.60. The Balaban J connectivity index is 1.36. The molecule has 0 spiro atoms. The molecule has 1 amide bonds. The normalized spacial score (nSPS) is 11.3. The van der Waals surface area contributed by atoms with E-state index in [0.29, 0.717) is 22.2 Å². The number of hydrogen-bond acceptors (Lipinski definition) is 6. The first-order valence-electron chi connectivity index (χ1n) is 10.7. The second kappa shape index (κ2) is 8.26. The number of nitrogens with zero attached hydrogens (tertiary/aromatic N) is 6. The third-order valence-electron chi connectivity index (χ3n) is 5.60. The second-order valence-corrected chi connectivity index (χ2v) is 8.29. The van der Waals surface area contributed by atoms with Crippen molar-refractivity contribution in [3.63, 3.8) is 0 Å². The molecule has 11 heteroatoms. The maximum atomic E-state index is 12.5. The molecule has 0 unspecified atom stereocenters. The topological polar surface area (TPSA) is 118 Å². The summed E-state index contributed by atoms with van der Waals surface area (Å²) in [4.78, 5) is 16.8. The number of rotatable bonds is 5. The molecule has 0 aliphatic heterocycles. The zero-order valence-electron chi connectivity index (χ0n) is 18.4. The van der Waals surface area contributed by atoms with Gasteiger partial charge in [-0.05, 0) is 30.3 Å². The van der Waals surface area contributed by atoms with Crippen LogP contribution in [-0.4, -0.2) is 40.6 Å². The minimum absolute atomic E-state index is 0.292. The van der Waals surface area contributed by atoms with Crippen LogP contribution in [0.4, 0.5) is 17.3 Å². The average molecular weight is 484 g/mol. The van der Waals surface area contributed by atoms with Crippen molar-refractivity contribution >= 4 is 56.6 Å². The van der Waals surface area contributed by atoms with E-state index in [-0.39, 0.29) is 5.91 Å². The van der Waals surface area contributed by atoms with Crippen molar-refractivity contribution in [1.82, 2.24) is 34.7 Å². The number of halogens is 1. The number of hydrogen-bond donors (Lipinski definition) is 3. The summed E-state index contributed by atoms with van der Waals surface area (Å²) in [5.74, 6) is 0.752. The summed E-state index contributed by atoms with van der Waals surface area (Å²) >= 11 is 6.62. The van der Waals surface area contributed by atoms with Crippen LogP contribution >= 0.6 is 11.6 Å². The van der Waals surface area contributed by atoms with Crippen molar-refractivity contribution in [2.45, 2.75) is 0 Å². The van der Waals surface area contributed by atoms with E-state index in [0.717, 1.165) is 33.2 Å². The number of aryl methyl sites for hydroxylation is 1. The molecule has 2 aromatic carbocycles. The van der Waals surface area contributed by atoms with Crippen LogP contribution in [-0.2, 0) is 7.05 Å². The van der Waals surface area contributed by atoms with Crippen LogP contribution in [0.15, 0.2) is 73.3 Å². The lowest BCUT2D eigenvalue weighted by molar-refractivity contribution is 0.102. The summed E-state index contributed by atoms with van der Waals surface area (Å²) in [5.41, 5.74) is 3.64.